The van der Waals surface area contributed by atoms with Crippen LogP contribution in [0.2, 0.25) is 0 Å². The van der Waals surface area contributed by atoms with E-state index in [4.69, 9.17) is 22.6 Å². The van der Waals surface area contributed by atoms with Crippen LogP contribution < -0.4 is 5.73 Å². The first-order chi connectivity index (χ1) is 6.29. The lowest BCUT2D eigenvalue weighted by Crippen LogP contribution is -2.02. The number of benzene rings is 1. The molecular weight excluding hydrogens is 184 g/mol. The minimum absolute atomic E-state index is 0.171. The minimum Gasteiger partial charge on any atom is -0.326 e. The molecule has 1 aromatic carbocycles. The zero-order valence-corrected chi connectivity index (χ0v) is 7.75. The minimum atomic E-state index is 0.171. The topological polar surface area (TPSA) is 49.8 Å². The molecule has 0 aliphatic carbocycles. The van der Waals surface area contributed by atoms with Crippen LogP contribution in [0.3, 0.4) is 0 Å². The second kappa shape index (κ2) is 4.66. The number of hydrogen-bond acceptors (Lipinski definition) is 2. The van der Waals surface area contributed by atoms with Gasteiger partial charge in [0.15, 0.2) is 0 Å². The fourth-order valence-electron chi connectivity index (χ4n) is 0.943. The van der Waals surface area contributed by atoms with E-state index >= 15 is 0 Å². The van der Waals surface area contributed by atoms with Crippen molar-refractivity contribution in [1.82, 2.24) is 0 Å². The summed E-state index contributed by atoms with van der Waals surface area (Å²) in [6.45, 7) is 0.171. The zero-order valence-electron chi connectivity index (χ0n) is 7.00. The van der Waals surface area contributed by atoms with Crippen LogP contribution in [-0.4, -0.2) is 6.54 Å². The summed E-state index contributed by atoms with van der Waals surface area (Å²) in [5.41, 5.74) is 6.59. The summed E-state index contributed by atoms with van der Waals surface area (Å²) in [5, 5.41) is 9.12. The molecule has 0 unspecified atom stereocenters. The third-order valence-electron chi connectivity index (χ3n) is 1.63. The quantitative estimate of drug-likeness (QED) is 0.730. The van der Waals surface area contributed by atoms with Gasteiger partial charge in [-0.1, -0.05) is 41.9 Å². The number of halogens is 1. The smallest absolute Gasteiger partial charge is 0.0976 e. The second-order valence-electron chi connectivity index (χ2n) is 2.47. The molecule has 3 heteroatoms. The van der Waals surface area contributed by atoms with Gasteiger partial charge in [-0.3, -0.25) is 0 Å². The Balaban J connectivity index is 3.11. The molecule has 0 aromatic heterocycles. The molecule has 0 heterocycles. The van der Waals surface area contributed by atoms with Crippen molar-refractivity contribution in [3.8, 4) is 6.07 Å². The summed E-state index contributed by atoms with van der Waals surface area (Å²) in [5.74, 6) is 0. The van der Waals surface area contributed by atoms with Gasteiger partial charge in [0, 0.05) is 6.54 Å². The van der Waals surface area contributed by atoms with Gasteiger partial charge in [0.05, 0.1) is 16.7 Å². The highest BCUT2D eigenvalue weighted by Crippen LogP contribution is 2.21. The number of nitrogens with zero attached hydrogens (tertiary/aromatic N) is 1. The van der Waals surface area contributed by atoms with Crippen molar-refractivity contribution in [1.29, 1.82) is 5.26 Å². The monoisotopic (exact) mass is 192 g/mol. The van der Waals surface area contributed by atoms with Crippen LogP contribution in [0.1, 0.15) is 5.56 Å². The van der Waals surface area contributed by atoms with E-state index in [1.807, 2.05) is 36.4 Å². The third kappa shape index (κ3) is 2.32. The van der Waals surface area contributed by atoms with Crippen LogP contribution in [-0.2, 0) is 0 Å². The molecule has 0 radical (unpaired) electrons. The Bertz CT molecular complexity index is 349. The lowest BCUT2D eigenvalue weighted by molar-refractivity contribution is 1.20. The van der Waals surface area contributed by atoms with Crippen molar-refractivity contribution in [2.45, 2.75) is 0 Å². The molecule has 0 saturated carbocycles. The van der Waals surface area contributed by atoms with E-state index < -0.39 is 0 Å². The van der Waals surface area contributed by atoms with Crippen LogP contribution >= 0.6 is 11.6 Å². The van der Waals surface area contributed by atoms with E-state index in [-0.39, 0.29) is 6.54 Å². The maximum Gasteiger partial charge on any atom is 0.0976 e. The van der Waals surface area contributed by atoms with Crippen LogP contribution in [0.4, 0.5) is 0 Å². The Hall–Kier alpha value is -1.30. The first-order valence-electron chi connectivity index (χ1n) is 3.84. The average Bonchev–Trinajstić information content (AvgIpc) is 2.21. The fraction of sp³-hybridized carbons (Fsp3) is 0.100. The van der Waals surface area contributed by atoms with Crippen LogP contribution in [0.15, 0.2) is 35.9 Å². The lowest BCUT2D eigenvalue weighted by atomic mass is 10.1. The molecule has 13 heavy (non-hydrogen) atoms. The SMILES string of the molecule is N#C/C(CN)=C(\Cl)c1ccccc1. The highest BCUT2D eigenvalue weighted by molar-refractivity contribution is 6.49. The molecular formula is C10H9ClN2. The molecule has 0 spiro atoms. The first kappa shape index (κ1) is 9.79. The van der Waals surface area contributed by atoms with Crippen molar-refractivity contribution in [3.63, 3.8) is 0 Å². The van der Waals surface area contributed by atoms with Crippen molar-refractivity contribution < 1.29 is 0 Å². The molecule has 1 rings (SSSR count). The maximum absolute atomic E-state index is 8.69. The van der Waals surface area contributed by atoms with Gasteiger partial charge in [0.1, 0.15) is 0 Å². The Morgan fingerprint density at radius 3 is 2.46 bits per heavy atom. The standard InChI is InChI=1S/C10H9ClN2/c11-10(9(6-12)7-13)8-4-2-1-3-5-8/h1-5H,6,12H2/b10-9-. The van der Waals surface area contributed by atoms with E-state index in [0.29, 0.717) is 10.6 Å². The van der Waals surface area contributed by atoms with Crippen molar-refractivity contribution in [3.05, 3.63) is 41.5 Å². The predicted octanol–water partition coefficient (Wildman–Crippen LogP) is 2.12. The summed E-state index contributed by atoms with van der Waals surface area (Å²) < 4.78 is 0. The largest absolute Gasteiger partial charge is 0.326 e. The fourth-order valence-corrected chi connectivity index (χ4v) is 1.19. The molecule has 0 amide bonds. The molecule has 0 saturated heterocycles. The first-order valence-corrected chi connectivity index (χ1v) is 4.21. The second-order valence-corrected chi connectivity index (χ2v) is 2.85. The molecule has 0 atom stereocenters. The van der Waals surface area contributed by atoms with Crippen LogP contribution in [0.25, 0.3) is 5.03 Å². The van der Waals surface area contributed by atoms with E-state index in [0.717, 1.165) is 5.56 Å². The summed E-state index contributed by atoms with van der Waals surface area (Å²) in [4.78, 5) is 0. The van der Waals surface area contributed by atoms with Gasteiger partial charge in [-0.2, -0.15) is 5.26 Å². The molecule has 0 aliphatic rings. The van der Waals surface area contributed by atoms with Gasteiger partial charge in [-0.25, -0.2) is 0 Å². The van der Waals surface area contributed by atoms with Crippen LogP contribution in [0.5, 0.6) is 0 Å². The number of rotatable bonds is 2. The number of hydrogen-bond donors (Lipinski definition) is 1. The number of nitriles is 1. The van der Waals surface area contributed by atoms with Gasteiger partial charge in [0.2, 0.25) is 0 Å². The van der Waals surface area contributed by atoms with Gasteiger partial charge >= 0.3 is 0 Å². The Labute approximate surface area is 82.2 Å². The highest BCUT2D eigenvalue weighted by Gasteiger charge is 2.03. The van der Waals surface area contributed by atoms with Gasteiger partial charge in [0.25, 0.3) is 0 Å². The van der Waals surface area contributed by atoms with Crippen LogP contribution in [0, 0.1) is 11.3 Å². The van der Waals surface area contributed by atoms with Crippen molar-refractivity contribution >= 4 is 16.6 Å². The van der Waals surface area contributed by atoms with Gasteiger partial charge < -0.3 is 5.73 Å². The third-order valence-corrected chi connectivity index (χ3v) is 2.08. The summed E-state index contributed by atoms with van der Waals surface area (Å²) >= 11 is 5.95. The summed E-state index contributed by atoms with van der Waals surface area (Å²) in [7, 11) is 0. The number of nitrogens with two attached hydrogens (primary N) is 1. The van der Waals surface area contributed by atoms with E-state index in [1.54, 1.807) is 0 Å². The average molecular weight is 193 g/mol. The lowest BCUT2D eigenvalue weighted by Gasteiger charge is -2.00. The van der Waals surface area contributed by atoms with E-state index in [1.165, 1.54) is 0 Å². The summed E-state index contributed by atoms with van der Waals surface area (Å²) in [6.07, 6.45) is 0. The van der Waals surface area contributed by atoms with Crippen molar-refractivity contribution in [2.75, 3.05) is 6.54 Å². The molecule has 1 aromatic rings. The predicted molar refractivity (Wildman–Crippen MR) is 53.9 cm³/mol. The molecule has 66 valence electrons. The maximum atomic E-state index is 8.69. The summed E-state index contributed by atoms with van der Waals surface area (Å²) in [6, 6.07) is 11.3. The normalized spacial score (nSPS) is 11.8. The van der Waals surface area contributed by atoms with E-state index in [2.05, 4.69) is 0 Å². The van der Waals surface area contributed by atoms with Crippen molar-refractivity contribution in [2.24, 2.45) is 5.73 Å². The molecule has 0 aliphatic heterocycles. The molecule has 0 bridgehead atoms. The Kier molecular flexibility index (Phi) is 3.51. The zero-order chi connectivity index (χ0) is 9.68. The molecule has 2 N–H and O–H groups in total. The Morgan fingerprint density at radius 2 is 2.00 bits per heavy atom. The highest BCUT2D eigenvalue weighted by atomic mass is 35.5. The van der Waals surface area contributed by atoms with E-state index in [9.17, 15) is 0 Å². The van der Waals surface area contributed by atoms with Gasteiger partial charge in [-0.15, -0.1) is 0 Å². The molecule has 2 nitrogen and oxygen atoms in total. The Morgan fingerprint density at radius 1 is 1.38 bits per heavy atom. The molecule has 0 fully saturated rings. The van der Waals surface area contributed by atoms with Gasteiger partial charge in [-0.05, 0) is 5.56 Å².